The smallest absolute Gasteiger partial charge is 0.260 e. The second-order valence-electron chi connectivity index (χ2n) is 12.6. The van der Waals surface area contributed by atoms with Gasteiger partial charge >= 0.3 is 0 Å². The maximum Gasteiger partial charge on any atom is 0.260 e. The van der Waals surface area contributed by atoms with Crippen LogP contribution >= 0.6 is 0 Å². The van der Waals surface area contributed by atoms with Gasteiger partial charge < -0.3 is 19.3 Å². The summed E-state index contributed by atoms with van der Waals surface area (Å²) in [4.78, 5) is 28.1. The lowest BCUT2D eigenvalue weighted by Crippen LogP contribution is -2.39. The van der Waals surface area contributed by atoms with Gasteiger partial charge in [-0.2, -0.15) is 10.2 Å². The van der Waals surface area contributed by atoms with E-state index in [-0.39, 0.29) is 18.7 Å². The van der Waals surface area contributed by atoms with Crippen molar-refractivity contribution in [1.29, 1.82) is 0 Å². The minimum absolute atomic E-state index is 0.241. The van der Waals surface area contributed by atoms with Crippen molar-refractivity contribution >= 4 is 11.8 Å². The van der Waals surface area contributed by atoms with Gasteiger partial charge in [-0.25, -0.2) is 17.6 Å². The number of carbonyl (C=O) groups is 2. The lowest BCUT2D eigenvalue weighted by Gasteiger charge is -2.27. The van der Waals surface area contributed by atoms with Crippen molar-refractivity contribution in [3.8, 4) is 11.5 Å². The number of carbonyl (C=O) groups excluding carboxylic acids is 2. The fourth-order valence-corrected chi connectivity index (χ4v) is 6.19. The summed E-state index contributed by atoms with van der Waals surface area (Å²) < 4.78 is 70.1. The van der Waals surface area contributed by atoms with E-state index in [2.05, 4.69) is 10.2 Å². The molecule has 290 valence electrons. The molecule has 56 heavy (non-hydrogen) atoms. The summed E-state index contributed by atoms with van der Waals surface area (Å²) in [5.41, 5.74) is 2.35. The van der Waals surface area contributed by atoms with Gasteiger partial charge in [-0.05, 0) is 60.7 Å². The van der Waals surface area contributed by atoms with Crippen LogP contribution in [0.3, 0.4) is 0 Å². The minimum atomic E-state index is -1.11. The molecule has 4 heterocycles. The van der Waals surface area contributed by atoms with E-state index in [0.717, 1.165) is 52.5 Å². The number of rotatable bonds is 8. The molecule has 2 amide bonds. The van der Waals surface area contributed by atoms with Crippen molar-refractivity contribution in [3.05, 3.63) is 166 Å². The van der Waals surface area contributed by atoms with Crippen LogP contribution in [-0.4, -0.2) is 54.3 Å². The van der Waals surface area contributed by atoms with Crippen molar-refractivity contribution in [2.75, 3.05) is 13.1 Å². The average molecular weight is 769 g/mol. The Morgan fingerprint density at radius 1 is 0.571 bits per heavy atom. The quantitative estimate of drug-likeness (QED) is 0.147. The first kappa shape index (κ1) is 39.3. The van der Waals surface area contributed by atoms with Gasteiger partial charge in [-0.3, -0.25) is 19.0 Å². The summed E-state index contributed by atoms with van der Waals surface area (Å²) in [5, 5.41) is 8.96. The Balaban J connectivity index is 0.000000182. The first-order valence-corrected chi connectivity index (χ1v) is 18.2. The lowest BCUT2D eigenvalue weighted by molar-refractivity contribution is 0.0690. The maximum absolute atomic E-state index is 13.9. The van der Waals surface area contributed by atoms with Gasteiger partial charge in [0.15, 0.2) is 11.6 Å². The van der Waals surface area contributed by atoms with Gasteiger partial charge in [0.05, 0.1) is 43.1 Å². The summed E-state index contributed by atoms with van der Waals surface area (Å²) in [7, 11) is 0. The largest absolute Gasteiger partial charge is 0.487 e. The SMILES string of the molecule is CC.O=C(c1c(F)cccc1F)N1CCn2nc(COc3ccccc3)cc2C1.O=C(c1cccc(F)c1F)N1CCn2nc(COc3ccccc3)cc2C1. The Bertz CT molecular complexity index is 2240. The fraction of sp³-hybridized carbons (Fsp3) is 0.238. The Hall–Kier alpha value is -6.44. The zero-order valence-electron chi connectivity index (χ0n) is 30.9. The molecule has 0 aliphatic carbocycles. The van der Waals surface area contributed by atoms with Crippen molar-refractivity contribution in [3.63, 3.8) is 0 Å². The van der Waals surface area contributed by atoms with Crippen LogP contribution in [0.5, 0.6) is 11.5 Å². The van der Waals surface area contributed by atoms with Crippen molar-refractivity contribution < 1.29 is 36.6 Å². The van der Waals surface area contributed by atoms with E-state index >= 15 is 0 Å². The van der Waals surface area contributed by atoms with Crippen LogP contribution in [0.25, 0.3) is 0 Å². The molecule has 0 bridgehead atoms. The molecule has 2 aromatic heterocycles. The molecule has 8 rings (SSSR count). The summed E-state index contributed by atoms with van der Waals surface area (Å²) in [6, 6.07) is 29.6. The highest BCUT2D eigenvalue weighted by Gasteiger charge is 2.28. The molecule has 0 saturated carbocycles. The summed E-state index contributed by atoms with van der Waals surface area (Å²) in [5.74, 6) is -3.52. The Morgan fingerprint density at radius 2 is 1.02 bits per heavy atom. The minimum Gasteiger partial charge on any atom is -0.487 e. The van der Waals surface area contributed by atoms with Gasteiger partial charge in [-0.15, -0.1) is 0 Å². The molecule has 14 heteroatoms. The number of benzene rings is 4. The number of nitrogens with zero attached hydrogens (tertiary/aromatic N) is 6. The standard InChI is InChI=1S/2C20H17F2N3O2.C2H6/c21-17-7-4-8-18(22)19(17)20(26)24-9-10-25-15(12-24)11-14(23-25)13-27-16-5-2-1-3-6-16;21-18-8-4-7-17(19(18)22)20(26)24-9-10-25-15(12-24)11-14(23-25)13-27-16-5-2-1-3-6-16;1-2/h2*1-8,11H,9-10,12-13H2;1-2H3. The molecule has 2 aliphatic heterocycles. The summed E-state index contributed by atoms with van der Waals surface area (Å²) in [6.07, 6.45) is 0. The van der Waals surface area contributed by atoms with E-state index in [1.807, 2.05) is 91.3 Å². The number of ether oxygens (including phenoxy) is 2. The second-order valence-corrected chi connectivity index (χ2v) is 12.6. The van der Waals surface area contributed by atoms with Crippen molar-refractivity contribution in [1.82, 2.24) is 29.4 Å². The molecule has 0 fully saturated rings. The molecular formula is C42H40F4N6O4. The van der Waals surface area contributed by atoms with Crippen LogP contribution in [0.15, 0.2) is 109 Å². The number of amides is 2. The Labute approximate surface area is 321 Å². The first-order valence-electron chi connectivity index (χ1n) is 18.2. The monoisotopic (exact) mass is 768 g/mol. The highest BCUT2D eigenvalue weighted by atomic mass is 19.2. The zero-order chi connectivity index (χ0) is 39.6. The number of halogens is 4. The van der Waals surface area contributed by atoms with E-state index in [4.69, 9.17) is 9.47 Å². The van der Waals surface area contributed by atoms with E-state index in [1.165, 1.54) is 28.0 Å². The van der Waals surface area contributed by atoms with Gasteiger partial charge in [0.1, 0.15) is 53.3 Å². The van der Waals surface area contributed by atoms with Crippen molar-refractivity contribution in [2.45, 2.75) is 53.2 Å². The predicted octanol–water partition coefficient (Wildman–Crippen LogP) is 7.82. The van der Waals surface area contributed by atoms with Crippen LogP contribution < -0.4 is 9.47 Å². The molecule has 10 nitrogen and oxygen atoms in total. The molecular weight excluding hydrogens is 728 g/mol. The number of para-hydroxylation sites is 2. The van der Waals surface area contributed by atoms with Crippen LogP contribution in [-0.2, 0) is 39.4 Å². The topological polar surface area (TPSA) is 94.7 Å². The fourth-order valence-electron chi connectivity index (χ4n) is 6.19. The van der Waals surface area contributed by atoms with E-state index in [9.17, 15) is 27.2 Å². The van der Waals surface area contributed by atoms with E-state index in [0.29, 0.717) is 39.4 Å². The third-order valence-corrected chi connectivity index (χ3v) is 8.89. The molecule has 2 aliphatic rings. The highest BCUT2D eigenvalue weighted by Crippen LogP contribution is 2.22. The third-order valence-electron chi connectivity index (χ3n) is 8.89. The highest BCUT2D eigenvalue weighted by molar-refractivity contribution is 5.95. The van der Waals surface area contributed by atoms with Crippen LogP contribution in [0.1, 0.15) is 57.3 Å². The number of hydrogen-bond donors (Lipinski definition) is 0. The Kier molecular flexibility index (Phi) is 12.8. The van der Waals surface area contributed by atoms with E-state index < -0.39 is 40.6 Å². The van der Waals surface area contributed by atoms with Crippen LogP contribution in [0.4, 0.5) is 17.6 Å². The first-order chi connectivity index (χ1) is 27.2. The summed E-state index contributed by atoms with van der Waals surface area (Å²) >= 11 is 0. The lowest BCUT2D eigenvalue weighted by atomic mass is 10.1. The van der Waals surface area contributed by atoms with Crippen LogP contribution in [0, 0.1) is 23.3 Å². The van der Waals surface area contributed by atoms with Gasteiger partial charge in [-0.1, -0.05) is 62.4 Å². The number of aromatic nitrogens is 4. The van der Waals surface area contributed by atoms with E-state index in [1.54, 1.807) is 4.68 Å². The normalized spacial score (nSPS) is 13.0. The molecule has 0 unspecified atom stereocenters. The van der Waals surface area contributed by atoms with Gasteiger partial charge in [0.25, 0.3) is 11.8 Å². The number of hydrogen-bond acceptors (Lipinski definition) is 6. The van der Waals surface area contributed by atoms with Crippen molar-refractivity contribution in [2.24, 2.45) is 0 Å². The molecule has 6 aromatic rings. The third kappa shape index (κ3) is 9.25. The zero-order valence-corrected chi connectivity index (χ0v) is 30.9. The molecule has 0 atom stereocenters. The average Bonchev–Trinajstić information content (AvgIpc) is 3.84. The molecule has 4 aromatic carbocycles. The molecule has 0 radical (unpaired) electrons. The number of fused-ring (bicyclic) bond motifs is 2. The molecule has 0 N–H and O–H groups in total. The molecule has 0 spiro atoms. The summed E-state index contributed by atoms with van der Waals surface area (Å²) in [6.45, 7) is 6.81. The second kappa shape index (κ2) is 18.3. The predicted molar refractivity (Wildman–Crippen MR) is 200 cm³/mol. The maximum atomic E-state index is 13.9. The van der Waals surface area contributed by atoms with Gasteiger partial charge in [0.2, 0.25) is 0 Å². The Morgan fingerprint density at radius 3 is 1.52 bits per heavy atom. The molecule has 0 saturated heterocycles. The van der Waals surface area contributed by atoms with Gasteiger partial charge in [0, 0.05) is 13.1 Å². The van der Waals surface area contributed by atoms with Crippen LogP contribution in [0.2, 0.25) is 0 Å².